The predicted octanol–water partition coefficient (Wildman–Crippen LogP) is 4.16. The van der Waals surface area contributed by atoms with Gasteiger partial charge in [-0.25, -0.2) is 0 Å². The van der Waals surface area contributed by atoms with Crippen LogP contribution in [0.3, 0.4) is 0 Å². The Labute approximate surface area is 111 Å². The van der Waals surface area contributed by atoms with Crippen molar-refractivity contribution in [3.63, 3.8) is 0 Å². The minimum atomic E-state index is 0.826. The summed E-state index contributed by atoms with van der Waals surface area (Å²) in [6.45, 7) is 0.826. The van der Waals surface area contributed by atoms with Gasteiger partial charge < -0.3 is 4.74 Å². The first-order valence-electron chi connectivity index (χ1n) is 5.33. The number of unbranched alkanes of at least 4 members (excludes halogenated alkanes) is 3. The summed E-state index contributed by atoms with van der Waals surface area (Å²) in [5.74, 6) is 2.00. The van der Waals surface area contributed by atoms with E-state index in [0.717, 1.165) is 24.5 Å². The van der Waals surface area contributed by atoms with Gasteiger partial charge in [0.15, 0.2) is 0 Å². The molecule has 0 N–H and O–H groups in total. The highest BCUT2D eigenvalue weighted by Crippen LogP contribution is 2.19. The van der Waals surface area contributed by atoms with Crippen LogP contribution in [0.2, 0.25) is 0 Å². The van der Waals surface area contributed by atoms with Crippen molar-refractivity contribution >= 4 is 35.2 Å². The van der Waals surface area contributed by atoms with Gasteiger partial charge in [-0.1, -0.05) is 25.0 Å². The first kappa shape index (κ1) is 13.2. The smallest absolute Gasteiger partial charge is 0.132 e. The Bertz CT molecular complexity index is 278. The zero-order chi connectivity index (χ0) is 10.9. The highest BCUT2D eigenvalue weighted by molar-refractivity contribution is 14.1. The number of para-hydroxylation sites is 1. The molecule has 0 fully saturated rings. The summed E-state index contributed by atoms with van der Waals surface area (Å²) in [6.07, 6.45) is 4.85. The van der Waals surface area contributed by atoms with Crippen molar-refractivity contribution < 1.29 is 4.74 Å². The monoisotopic (exact) mass is 336 g/mol. The van der Waals surface area contributed by atoms with E-state index in [4.69, 9.17) is 4.74 Å². The molecule has 1 aromatic carbocycles. The molecular weight excluding hydrogens is 319 g/mol. The molecule has 1 rings (SSSR count). The van der Waals surface area contributed by atoms with Crippen molar-refractivity contribution in [3.05, 3.63) is 27.8 Å². The van der Waals surface area contributed by atoms with Crippen LogP contribution in [0.4, 0.5) is 0 Å². The van der Waals surface area contributed by atoms with Crippen molar-refractivity contribution in [3.8, 4) is 5.75 Å². The van der Waals surface area contributed by atoms with Crippen molar-refractivity contribution in [2.75, 3.05) is 12.4 Å². The second-order valence-corrected chi connectivity index (χ2v) is 5.03. The quantitative estimate of drug-likeness (QED) is 0.447. The highest BCUT2D eigenvalue weighted by Gasteiger charge is 1.98. The summed E-state index contributed by atoms with van der Waals surface area (Å²) < 4.78 is 6.88. The zero-order valence-corrected chi connectivity index (χ0v) is 11.8. The lowest BCUT2D eigenvalue weighted by molar-refractivity contribution is 0.303. The molecule has 0 saturated heterocycles. The van der Waals surface area contributed by atoms with E-state index in [9.17, 15) is 0 Å². The van der Waals surface area contributed by atoms with Crippen molar-refractivity contribution in [2.45, 2.75) is 25.7 Å². The second-order valence-electron chi connectivity index (χ2n) is 3.42. The molecule has 0 saturated carbocycles. The lowest BCUT2D eigenvalue weighted by Crippen LogP contribution is -1.98. The molecule has 84 valence electrons. The van der Waals surface area contributed by atoms with Crippen LogP contribution in [0, 0.1) is 3.57 Å². The normalized spacial score (nSPS) is 10.3. The molecule has 3 heteroatoms. The van der Waals surface area contributed by atoms with Gasteiger partial charge in [0.05, 0.1) is 10.2 Å². The maximum absolute atomic E-state index is 5.69. The molecule has 0 atom stereocenters. The molecule has 0 amide bonds. The summed E-state index contributed by atoms with van der Waals surface area (Å²) in [7, 11) is 0. The number of benzene rings is 1. The molecule has 15 heavy (non-hydrogen) atoms. The van der Waals surface area contributed by atoms with Gasteiger partial charge in [0.25, 0.3) is 0 Å². The number of thiol groups is 1. The van der Waals surface area contributed by atoms with Crippen LogP contribution < -0.4 is 4.74 Å². The van der Waals surface area contributed by atoms with Crippen molar-refractivity contribution in [2.24, 2.45) is 0 Å². The Balaban J connectivity index is 2.12. The molecule has 0 heterocycles. The van der Waals surface area contributed by atoms with E-state index >= 15 is 0 Å². The van der Waals surface area contributed by atoms with E-state index < -0.39 is 0 Å². The first-order chi connectivity index (χ1) is 7.34. The Morgan fingerprint density at radius 3 is 2.53 bits per heavy atom. The van der Waals surface area contributed by atoms with Gasteiger partial charge in [0.2, 0.25) is 0 Å². The minimum Gasteiger partial charge on any atom is -0.492 e. The van der Waals surface area contributed by atoms with E-state index in [1.807, 2.05) is 18.2 Å². The first-order valence-corrected chi connectivity index (χ1v) is 7.04. The fourth-order valence-corrected chi connectivity index (χ4v) is 2.08. The molecule has 0 aliphatic heterocycles. The molecule has 1 nitrogen and oxygen atoms in total. The Kier molecular flexibility index (Phi) is 7.26. The van der Waals surface area contributed by atoms with Crippen molar-refractivity contribution in [1.82, 2.24) is 0 Å². The lowest BCUT2D eigenvalue weighted by atomic mass is 10.2. The third kappa shape index (κ3) is 5.66. The molecule has 0 aliphatic rings. The number of hydrogen-bond acceptors (Lipinski definition) is 2. The van der Waals surface area contributed by atoms with E-state index in [-0.39, 0.29) is 0 Å². The van der Waals surface area contributed by atoms with Crippen LogP contribution in [0.25, 0.3) is 0 Å². The van der Waals surface area contributed by atoms with E-state index in [1.54, 1.807) is 0 Å². The van der Waals surface area contributed by atoms with Crippen molar-refractivity contribution in [1.29, 1.82) is 0 Å². The third-order valence-corrected chi connectivity index (χ3v) is 3.35. The van der Waals surface area contributed by atoms with Gasteiger partial charge in [-0.2, -0.15) is 12.6 Å². The Morgan fingerprint density at radius 1 is 1.07 bits per heavy atom. The second kappa shape index (κ2) is 8.28. The molecule has 0 aliphatic carbocycles. The summed E-state index contributed by atoms with van der Waals surface area (Å²) in [4.78, 5) is 0. The molecule has 0 aromatic heterocycles. The standard InChI is InChI=1S/C12H17IOS/c13-11-7-3-4-8-12(11)14-9-5-1-2-6-10-15/h3-4,7-8,15H,1-2,5-6,9-10H2. The molecule has 0 bridgehead atoms. The van der Waals surface area contributed by atoms with Crippen LogP contribution in [-0.2, 0) is 0 Å². The summed E-state index contributed by atoms with van der Waals surface area (Å²) in [6, 6.07) is 8.13. The molecule has 1 aromatic rings. The summed E-state index contributed by atoms with van der Waals surface area (Å²) >= 11 is 6.48. The third-order valence-electron chi connectivity index (χ3n) is 2.15. The van der Waals surface area contributed by atoms with Gasteiger partial charge in [0.1, 0.15) is 5.75 Å². The number of ether oxygens (including phenoxy) is 1. The number of rotatable bonds is 7. The lowest BCUT2D eigenvalue weighted by Gasteiger charge is -2.07. The van der Waals surface area contributed by atoms with Gasteiger partial charge in [-0.3, -0.25) is 0 Å². The largest absolute Gasteiger partial charge is 0.492 e. The topological polar surface area (TPSA) is 9.23 Å². The van der Waals surface area contributed by atoms with E-state index in [0.29, 0.717) is 0 Å². The Hall–Kier alpha value is 0.100. The van der Waals surface area contributed by atoms with Crippen LogP contribution in [0.1, 0.15) is 25.7 Å². The fraction of sp³-hybridized carbons (Fsp3) is 0.500. The molecular formula is C12H17IOS. The fourth-order valence-electron chi connectivity index (χ4n) is 1.31. The van der Waals surface area contributed by atoms with E-state index in [1.165, 1.54) is 22.8 Å². The summed E-state index contributed by atoms with van der Waals surface area (Å²) in [5.41, 5.74) is 0. The predicted molar refractivity (Wildman–Crippen MR) is 77.0 cm³/mol. The molecule has 0 spiro atoms. The molecule has 0 unspecified atom stereocenters. The van der Waals surface area contributed by atoms with Crippen LogP contribution in [0.15, 0.2) is 24.3 Å². The van der Waals surface area contributed by atoms with Crippen LogP contribution in [0.5, 0.6) is 5.75 Å². The Morgan fingerprint density at radius 2 is 1.80 bits per heavy atom. The average molecular weight is 336 g/mol. The average Bonchev–Trinajstić information content (AvgIpc) is 2.25. The number of halogens is 1. The zero-order valence-electron chi connectivity index (χ0n) is 8.79. The molecule has 0 radical (unpaired) electrons. The highest BCUT2D eigenvalue weighted by atomic mass is 127. The number of hydrogen-bond donors (Lipinski definition) is 1. The van der Waals surface area contributed by atoms with Gasteiger partial charge >= 0.3 is 0 Å². The van der Waals surface area contributed by atoms with Crippen LogP contribution >= 0.6 is 35.2 Å². The van der Waals surface area contributed by atoms with Crippen LogP contribution in [-0.4, -0.2) is 12.4 Å². The maximum atomic E-state index is 5.69. The van der Waals surface area contributed by atoms with Gasteiger partial charge in [0, 0.05) is 0 Å². The minimum absolute atomic E-state index is 0.826. The van der Waals surface area contributed by atoms with Gasteiger partial charge in [-0.15, -0.1) is 0 Å². The maximum Gasteiger partial charge on any atom is 0.132 e. The van der Waals surface area contributed by atoms with Gasteiger partial charge in [-0.05, 0) is 53.3 Å². The summed E-state index contributed by atoms with van der Waals surface area (Å²) in [5, 5.41) is 0. The van der Waals surface area contributed by atoms with E-state index in [2.05, 4.69) is 41.3 Å². The SMILES string of the molecule is SCCCCCCOc1ccccc1I.